The maximum Gasteiger partial charge on any atom is 0.416 e. The quantitative estimate of drug-likeness (QED) is 0.926. The normalized spacial score (nSPS) is 24.9. The summed E-state index contributed by atoms with van der Waals surface area (Å²) < 4.78 is 43.4. The number of morpholine rings is 1. The van der Waals surface area contributed by atoms with Crippen LogP contribution < -0.4 is 0 Å². The number of aliphatic hydroxyl groups is 1. The summed E-state index contributed by atoms with van der Waals surface area (Å²) >= 11 is 0. The molecule has 1 fully saturated rings. The van der Waals surface area contributed by atoms with Crippen LogP contribution in [0, 0.1) is 0 Å². The Morgan fingerprint density at radius 2 is 2.15 bits per heavy atom. The highest BCUT2D eigenvalue weighted by molar-refractivity contribution is 5.25. The van der Waals surface area contributed by atoms with Gasteiger partial charge in [0.2, 0.25) is 0 Å². The third-order valence-corrected chi connectivity index (χ3v) is 3.48. The number of hydrogen-bond acceptors (Lipinski definition) is 3. The lowest BCUT2D eigenvalue weighted by atomic mass is 10.1. The molecule has 3 nitrogen and oxygen atoms in total. The number of rotatable bonds is 3. The predicted molar refractivity (Wildman–Crippen MR) is 68.1 cm³/mol. The summed E-state index contributed by atoms with van der Waals surface area (Å²) in [4.78, 5) is 2.03. The van der Waals surface area contributed by atoms with Gasteiger partial charge in [-0.05, 0) is 18.6 Å². The van der Waals surface area contributed by atoms with Gasteiger partial charge in [-0.1, -0.05) is 18.2 Å². The van der Waals surface area contributed by atoms with Crippen LogP contribution in [0.3, 0.4) is 0 Å². The second-order valence-corrected chi connectivity index (χ2v) is 5.11. The summed E-state index contributed by atoms with van der Waals surface area (Å²) in [6.07, 6.45) is -4.59. The summed E-state index contributed by atoms with van der Waals surface area (Å²) in [5.74, 6) is 0. The van der Waals surface area contributed by atoms with Gasteiger partial charge in [-0.15, -0.1) is 0 Å². The van der Waals surface area contributed by atoms with Crippen molar-refractivity contribution in [3.63, 3.8) is 0 Å². The first-order chi connectivity index (χ1) is 9.40. The Bertz CT molecular complexity index is 450. The topological polar surface area (TPSA) is 32.7 Å². The second-order valence-electron chi connectivity index (χ2n) is 5.11. The Morgan fingerprint density at radius 3 is 2.80 bits per heavy atom. The summed E-state index contributed by atoms with van der Waals surface area (Å²) in [7, 11) is 0. The fourth-order valence-corrected chi connectivity index (χ4v) is 2.29. The van der Waals surface area contributed by atoms with Gasteiger partial charge in [-0.3, -0.25) is 4.90 Å². The molecular formula is C14H18F3NO2. The van der Waals surface area contributed by atoms with Crippen molar-refractivity contribution < 1.29 is 23.0 Å². The van der Waals surface area contributed by atoms with E-state index < -0.39 is 11.7 Å². The molecule has 1 aromatic carbocycles. The van der Waals surface area contributed by atoms with Crippen molar-refractivity contribution in [1.82, 2.24) is 4.90 Å². The predicted octanol–water partition coefficient (Wildman–Crippen LogP) is 2.29. The molecule has 2 atom stereocenters. The molecule has 0 aliphatic carbocycles. The molecule has 1 aliphatic heterocycles. The molecule has 1 aliphatic rings. The van der Waals surface area contributed by atoms with E-state index in [-0.39, 0.29) is 18.8 Å². The fourth-order valence-electron chi connectivity index (χ4n) is 2.29. The maximum absolute atomic E-state index is 12.7. The summed E-state index contributed by atoms with van der Waals surface area (Å²) in [6.45, 7) is 3.30. The molecule has 6 heteroatoms. The molecule has 0 amide bonds. The zero-order valence-electron chi connectivity index (χ0n) is 11.2. The van der Waals surface area contributed by atoms with Crippen molar-refractivity contribution in [2.75, 3.05) is 19.8 Å². The van der Waals surface area contributed by atoms with E-state index in [1.165, 1.54) is 12.1 Å². The third-order valence-electron chi connectivity index (χ3n) is 3.48. The van der Waals surface area contributed by atoms with Crippen molar-refractivity contribution in [2.24, 2.45) is 0 Å². The molecule has 1 aromatic rings. The third kappa shape index (κ3) is 3.71. The van der Waals surface area contributed by atoms with E-state index in [1.54, 1.807) is 6.07 Å². The van der Waals surface area contributed by atoms with E-state index in [0.29, 0.717) is 25.3 Å². The van der Waals surface area contributed by atoms with E-state index in [0.717, 1.165) is 6.07 Å². The molecule has 1 N–H and O–H groups in total. The lowest BCUT2D eigenvalue weighted by Crippen LogP contribution is -2.48. The van der Waals surface area contributed by atoms with Crippen molar-refractivity contribution in [3.8, 4) is 0 Å². The van der Waals surface area contributed by atoms with E-state index >= 15 is 0 Å². The Kier molecular flexibility index (Phi) is 4.67. The van der Waals surface area contributed by atoms with Gasteiger partial charge in [0.05, 0.1) is 24.9 Å². The average molecular weight is 289 g/mol. The smallest absolute Gasteiger partial charge is 0.394 e. The summed E-state index contributed by atoms with van der Waals surface area (Å²) in [5, 5.41) is 9.11. The van der Waals surface area contributed by atoms with Crippen LogP contribution in [-0.2, 0) is 17.5 Å². The SMILES string of the molecule is CC1COC(CO)CN1Cc1cccc(C(F)(F)F)c1. The van der Waals surface area contributed by atoms with E-state index in [1.807, 2.05) is 11.8 Å². The van der Waals surface area contributed by atoms with Gasteiger partial charge in [-0.2, -0.15) is 13.2 Å². The van der Waals surface area contributed by atoms with Crippen LogP contribution >= 0.6 is 0 Å². The van der Waals surface area contributed by atoms with Crippen molar-refractivity contribution in [3.05, 3.63) is 35.4 Å². The second kappa shape index (κ2) is 6.11. The van der Waals surface area contributed by atoms with Gasteiger partial charge >= 0.3 is 6.18 Å². The molecule has 1 heterocycles. The highest BCUT2D eigenvalue weighted by atomic mass is 19.4. The largest absolute Gasteiger partial charge is 0.416 e. The zero-order chi connectivity index (χ0) is 14.8. The lowest BCUT2D eigenvalue weighted by Gasteiger charge is -2.37. The minimum Gasteiger partial charge on any atom is -0.394 e. The van der Waals surface area contributed by atoms with Crippen LogP contribution in [0.1, 0.15) is 18.1 Å². The minimum absolute atomic E-state index is 0.0776. The highest BCUT2D eigenvalue weighted by Crippen LogP contribution is 2.30. The molecule has 1 saturated heterocycles. The Hall–Kier alpha value is -1.11. The summed E-state index contributed by atoms with van der Waals surface area (Å²) in [6, 6.07) is 5.48. The zero-order valence-corrected chi connectivity index (χ0v) is 11.2. The molecule has 0 saturated carbocycles. The van der Waals surface area contributed by atoms with Gasteiger partial charge in [0.25, 0.3) is 0 Å². The van der Waals surface area contributed by atoms with E-state index in [4.69, 9.17) is 9.84 Å². The van der Waals surface area contributed by atoms with Crippen LogP contribution in [0.15, 0.2) is 24.3 Å². The number of alkyl halides is 3. The Balaban J connectivity index is 2.09. The molecule has 0 radical (unpaired) electrons. The standard InChI is InChI=1S/C14H18F3NO2/c1-10-9-20-13(8-19)7-18(10)6-11-3-2-4-12(5-11)14(15,16)17/h2-5,10,13,19H,6-9H2,1H3. The number of halogens is 3. The first kappa shape index (κ1) is 15.3. The van der Waals surface area contributed by atoms with Crippen LogP contribution in [0.5, 0.6) is 0 Å². The van der Waals surface area contributed by atoms with Gasteiger partial charge in [0.1, 0.15) is 0 Å². The molecule has 20 heavy (non-hydrogen) atoms. The average Bonchev–Trinajstić information content (AvgIpc) is 2.41. The monoisotopic (exact) mass is 289 g/mol. The number of hydrogen-bond donors (Lipinski definition) is 1. The van der Waals surface area contributed by atoms with Gasteiger partial charge in [0, 0.05) is 19.1 Å². The minimum atomic E-state index is -4.32. The van der Waals surface area contributed by atoms with Crippen LogP contribution in [-0.4, -0.2) is 41.9 Å². The maximum atomic E-state index is 12.7. The first-order valence-corrected chi connectivity index (χ1v) is 6.53. The van der Waals surface area contributed by atoms with Gasteiger partial charge < -0.3 is 9.84 Å². The number of nitrogens with zero attached hydrogens (tertiary/aromatic N) is 1. The van der Waals surface area contributed by atoms with Crippen molar-refractivity contribution in [1.29, 1.82) is 0 Å². The number of aliphatic hydroxyl groups excluding tert-OH is 1. The Labute approximate surface area is 116 Å². The van der Waals surface area contributed by atoms with E-state index in [9.17, 15) is 13.2 Å². The summed E-state index contributed by atoms with van der Waals surface area (Å²) in [5.41, 5.74) is -0.0140. The molecule has 2 rings (SSSR count). The van der Waals surface area contributed by atoms with Gasteiger partial charge in [-0.25, -0.2) is 0 Å². The van der Waals surface area contributed by atoms with Crippen LogP contribution in [0.2, 0.25) is 0 Å². The van der Waals surface area contributed by atoms with Crippen molar-refractivity contribution >= 4 is 0 Å². The molecule has 0 spiro atoms. The first-order valence-electron chi connectivity index (χ1n) is 6.53. The number of ether oxygens (including phenoxy) is 1. The lowest BCUT2D eigenvalue weighted by molar-refractivity contribution is -0.137. The molecular weight excluding hydrogens is 271 g/mol. The van der Waals surface area contributed by atoms with Crippen LogP contribution in [0.4, 0.5) is 13.2 Å². The van der Waals surface area contributed by atoms with Crippen LogP contribution in [0.25, 0.3) is 0 Å². The van der Waals surface area contributed by atoms with E-state index in [2.05, 4.69) is 0 Å². The Morgan fingerprint density at radius 1 is 1.40 bits per heavy atom. The highest BCUT2D eigenvalue weighted by Gasteiger charge is 2.31. The molecule has 112 valence electrons. The molecule has 0 aromatic heterocycles. The van der Waals surface area contributed by atoms with Gasteiger partial charge in [0.15, 0.2) is 0 Å². The molecule has 0 bridgehead atoms. The molecule has 2 unspecified atom stereocenters. The fraction of sp³-hybridized carbons (Fsp3) is 0.571. The van der Waals surface area contributed by atoms with Crippen molar-refractivity contribution in [2.45, 2.75) is 31.8 Å². The number of benzene rings is 1.